The van der Waals surface area contributed by atoms with E-state index in [4.69, 9.17) is 9.39 Å². The van der Waals surface area contributed by atoms with Crippen molar-refractivity contribution in [3.05, 3.63) is 40.1 Å². The summed E-state index contributed by atoms with van der Waals surface area (Å²) in [6.07, 6.45) is 1.76. The first-order chi connectivity index (χ1) is 9.78. The Labute approximate surface area is 119 Å². The molecule has 4 rings (SSSR count). The second kappa shape index (κ2) is 4.11. The van der Waals surface area contributed by atoms with E-state index in [0.29, 0.717) is 4.88 Å². The summed E-state index contributed by atoms with van der Waals surface area (Å²) in [5, 5.41) is 6.27. The predicted molar refractivity (Wildman–Crippen MR) is 78.2 cm³/mol. The summed E-state index contributed by atoms with van der Waals surface area (Å²) >= 11 is 1.37. The van der Waals surface area contributed by atoms with Crippen molar-refractivity contribution in [2.75, 3.05) is 12.0 Å². The van der Waals surface area contributed by atoms with Gasteiger partial charge in [0, 0.05) is 0 Å². The van der Waals surface area contributed by atoms with Crippen LogP contribution in [-0.4, -0.2) is 26.3 Å². The van der Waals surface area contributed by atoms with Crippen LogP contribution < -0.4 is 15.1 Å². The summed E-state index contributed by atoms with van der Waals surface area (Å²) in [5.74, 6) is 0.456. The van der Waals surface area contributed by atoms with Crippen LogP contribution in [0.15, 0.2) is 34.7 Å². The molecule has 0 atom stereocenters. The summed E-state index contributed by atoms with van der Waals surface area (Å²) in [6, 6.07) is 7.53. The molecule has 0 radical (unpaired) electrons. The van der Waals surface area contributed by atoms with Crippen molar-refractivity contribution in [1.29, 1.82) is 0 Å². The van der Waals surface area contributed by atoms with Crippen LogP contribution >= 0.6 is 11.3 Å². The second-order valence-electron chi connectivity index (χ2n) is 4.48. The minimum absolute atomic E-state index is 0.296. The number of anilines is 1. The van der Waals surface area contributed by atoms with Crippen LogP contribution in [0, 0.1) is 0 Å². The van der Waals surface area contributed by atoms with Gasteiger partial charge in [-0.15, -0.1) is 11.3 Å². The summed E-state index contributed by atoms with van der Waals surface area (Å²) in [7, 11) is 1.11. The first-order valence-electron chi connectivity index (χ1n) is 6.07. The van der Waals surface area contributed by atoms with Crippen LogP contribution in [0.25, 0.3) is 0 Å². The lowest BCUT2D eigenvalue weighted by Crippen LogP contribution is -2.55. The van der Waals surface area contributed by atoms with Crippen molar-refractivity contribution < 1.29 is 14.2 Å². The highest BCUT2D eigenvalue weighted by molar-refractivity contribution is 7.13. The number of thiophene rings is 1. The molecular weight excluding hydrogens is 275 g/mol. The minimum Gasteiger partial charge on any atom is -0.506 e. The maximum Gasteiger partial charge on any atom is 0.544 e. The fourth-order valence-electron chi connectivity index (χ4n) is 2.43. The van der Waals surface area contributed by atoms with Gasteiger partial charge in [0.05, 0.1) is 19.0 Å². The summed E-state index contributed by atoms with van der Waals surface area (Å²) < 4.78 is 10.7. The molecule has 7 heteroatoms. The number of benzene rings is 1. The molecule has 0 unspecified atom stereocenters. The van der Waals surface area contributed by atoms with Gasteiger partial charge in [0.15, 0.2) is 0 Å². The molecule has 0 spiro atoms. The van der Waals surface area contributed by atoms with E-state index in [1.54, 1.807) is 18.2 Å². The zero-order chi connectivity index (χ0) is 13.7. The molecule has 0 bridgehead atoms. The SMILES string of the molecule is COc1ccc2c(c1)C=NN1B2OC(=O)c2sccc21. The van der Waals surface area contributed by atoms with Gasteiger partial charge in [-0.2, -0.15) is 5.10 Å². The van der Waals surface area contributed by atoms with Crippen molar-refractivity contribution >= 4 is 41.7 Å². The summed E-state index contributed by atoms with van der Waals surface area (Å²) in [4.78, 5) is 14.4. The maximum atomic E-state index is 12.0. The topological polar surface area (TPSA) is 51.1 Å². The Morgan fingerprint density at radius 2 is 2.30 bits per heavy atom. The first kappa shape index (κ1) is 11.5. The van der Waals surface area contributed by atoms with Gasteiger partial charge < -0.3 is 9.39 Å². The van der Waals surface area contributed by atoms with Gasteiger partial charge in [0.1, 0.15) is 10.6 Å². The number of nitrogens with zero attached hydrogens (tertiary/aromatic N) is 2. The Bertz CT molecular complexity index is 743. The Morgan fingerprint density at radius 3 is 3.15 bits per heavy atom. The average molecular weight is 284 g/mol. The predicted octanol–water partition coefficient (Wildman–Crippen LogP) is 1.48. The van der Waals surface area contributed by atoms with Crippen LogP contribution in [0.5, 0.6) is 5.75 Å². The molecule has 98 valence electrons. The van der Waals surface area contributed by atoms with E-state index in [9.17, 15) is 4.79 Å². The lowest BCUT2D eigenvalue weighted by atomic mass is 9.68. The largest absolute Gasteiger partial charge is 0.544 e. The van der Waals surface area contributed by atoms with E-state index in [-0.39, 0.29) is 5.97 Å². The molecular formula is C13H9BN2O3S. The highest BCUT2D eigenvalue weighted by Gasteiger charge is 2.43. The lowest BCUT2D eigenvalue weighted by Gasteiger charge is -2.32. The summed E-state index contributed by atoms with van der Waals surface area (Å²) in [6.45, 7) is 0. The van der Waals surface area contributed by atoms with E-state index < -0.39 is 7.05 Å². The fourth-order valence-corrected chi connectivity index (χ4v) is 3.19. The molecule has 0 amide bonds. The molecule has 1 aromatic heterocycles. The third kappa shape index (κ3) is 1.50. The van der Waals surface area contributed by atoms with Crippen molar-refractivity contribution in [3.63, 3.8) is 0 Å². The molecule has 1 aromatic carbocycles. The highest BCUT2D eigenvalue weighted by Crippen LogP contribution is 2.33. The third-order valence-corrected chi connectivity index (χ3v) is 4.28. The van der Waals surface area contributed by atoms with Crippen molar-refractivity contribution in [3.8, 4) is 5.75 Å². The zero-order valence-electron chi connectivity index (χ0n) is 10.6. The Hall–Kier alpha value is -2.28. The first-order valence-corrected chi connectivity index (χ1v) is 6.95. The van der Waals surface area contributed by atoms with Crippen molar-refractivity contribution in [2.24, 2.45) is 5.10 Å². The average Bonchev–Trinajstić information content (AvgIpc) is 2.97. The Kier molecular flexibility index (Phi) is 2.37. The summed E-state index contributed by atoms with van der Waals surface area (Å²) in [5.41, 5.74) is 2.61. The number of ether oxygens (including phenoxy) is 1. The van der Waals surface area contributed by atoms with Crippen molar-refractivity contribution in [1.82, 2.24) is 0 Å². The van der Waals surface area contributed by atoms with Crippen LogP contribution in [0.1, 0.15) is 15.2 Å². The monoisotopic (exact) mass is 284 g/mol. The maximum absolute atomic E-state index is 12.0. The van der Waals surface area contributed by atoms with Crippen LogP contribution in [0.3, 0.4) is 0 Å². The number of methoxy groups -OCH3 is 1. The normalized spacial score (nSPS) is 15.3. The van der Waals surface area contributed by atoms with Gasteiger partial charge >= 0.3 is 13.0 Å². The van der Waals surface area contributed by atoms with E-state index in [2.05, 4.69) is 5.10 Å². The number of fused-ring (bicyclic) bond motifs is 5. The number of hydrogen-bond acceptors (Lipinski definition) is 6. The molecule has 0 saturated carbocycles. The standard InChI is InChI=1S/C13H9BN2O3S/c1-18-9-2-3-10-8(6-9)7-15-16-11-4-5-20-12(11)13(17)19-14(10)16/h2-7H,1H3. The van der Waals surface area contributed by atoms with E-state index in [1.165, 1.54) is 11.3 Å². The molecule has 0 fully saturated rings. The van der Waals surface area contributed by atoms with Crippen molar-refractivity contribution in [2.45, 2.75) is 0 Å². The smallest absolute Gasteiger partial charge is 0.506 e. The van der Waals surface area contributed by atoms with Gasteiger partial charge in [0.2, 0.25) is 0 Å². The minimum atomic E-state index is -0.504. The van der Waals surface area contributed by atoms with Gasteiger partial charge in [-0.3, -0.25) is 4.92 Å². The molecule has 0 saturated heterocycles. The number of hydrazone groups is 1. The number of rotatable bonds is 1. The highest BCUT2D eigenvalue weighted by atomic mass is 32.1. The Morgan fingerprint density at radius 1 is 1.40 bits per heavy atom. The zero-order valence-corrected chi connectivity index (χ0v) is 11.4. The molecule has 3 heterocycles. The number of carbonyl (C=O) groups excluding carboxylic acids is 1. The third-order valence-electron chi connectivity index (χ3n) is 3.40. The van der Waals surface area contributed by atoms with Gasteiger partial charge in [0.25, 0.3) is 0 Å². The molecule has 0 N–H and O–H groups in total. The second-order valence-corrected chi connectivity index (χ2v) is 5.39. The van der Waals surface area contributed by atoms with Gasteiger partial charge in [-0.1, -0.05) is 6.07 Å². The van der Waals surface area contributed by atoms with Gasteiger partial charge in [-0.05, 0) is 34.6 Å². The van der Waals surface area contributed by atoms with Gasteiger partial charge in [-0.25, -0.2) is 4.79 Å². The van der Waals surface area contributed by atoms with E-state index in [1.807, 2.05) is 29.6 Å². The lowest BCUT2D eigenvalue weighted by molar-refractivity contribution is 0.0733. The van der Waals surface area contributed by atoms with Crippen LogP contribution in [-0.2, 0) is 4.65 Å². The molecule has 2 aliphatic heterocycles. The fraction of sp³-hybridized carbons (Fsp3) is 0.0769. The molecule has 2 aromatic rings. The van der Waals surface area contributed by atoms with E-state index >= 15 is 0 Å². The molecule has 0 aliphatic carbocycles. The van der Waals surface area contributed by atoms with Crippen LogP contribution in [0.2, 0.25) is 0 Å². The quantitative estimate of drug-likeness (QED) is 0.744. The molecule has 5 nitrogen and oxygen atoms in total. The number of carbonyl (C=O) groups is 1. The molecule has 2 aliphatic rings. The Balaban J connectivity index is 1.85. The van der Waals surface area contributed by atoms with E-state index in [0.717, 1.165) is 22.5 Å². The van der Waals surface area contributed by atoms with Crippen LogP contribution in [0.4, 0.5) is 5.69 Å². The number of hydrogen-bond donors (Lipinski definition) is 0. The molecule has 20 heavy (non-hydrogen) atoms.